The molecule has 7 heteroatoms. The van der Waals surface area contributed by atoms with Gasteiger partial charge in [0.15, 0.2) is 11.6 Å². The molecular formula is C12H13N5O2. The van der Waals surface area contributed by atoms with E-state index in [0.29, 0.717) is 17.0 Å². The summed E-state index contributed by atoms with van der Waals surface area (Å²) in [7, 11) is 1.47. The van der Waals surface area contributed by atoms with E-state index in [1.54, 1.807) is 24.3 Å². The Morgan fingerprint density at radius 2 is 2.26 bits per heavy atom. The zero-order valence-corrected chi connectivity index (χ0v) is 10.5. The first kappa shape index (κ1) is 14.2. The maximum Gasteiger partial charge on any atom is 0.201 e. The summed E-state index contributed by atoms with van der Waals surface area (Å²) in [6.07, 6.45) is 0. The number of hydrogen-bond donors (Lipinski definition) is 3. The van der Waals surface area contributed by atoms with Crippen LogP contribution in [0.15, 0.2) is 23.3 Å². The van der Waals surface area contributed by atoms with Gasteiger partial charge in [-0.2, -0.15) is 10.4 Å². The number of Topliss-reactive ketones (excluding diaryl/α,β-unsaturated/α-hetero) is 1. The largest absolute Gasteiger partial charge is 0.495 e. The van der Waals surface area contributed by atoms with E-state index in [1.807, 2.05) is 0 Å². The predicted molar refractivity (Wildman–Crippen MR) is 71.6 cm³/mol. The van der Waals surface area contributed by atoms with E-state index in [0.717, 1.165) is 0 Å². The first-order valence-electron chi connectivity index (χ1n) is 5.26. The Balaban J connectivity index is 3.12. The van der Waals surface area contributed by atoms with Crippen LogP contribution in [0.3, 0.4) is 0 Å². The molecule has 98 valence electrons. The molecular weight excluding hydrogens is 246 g/mol. The van der Waals surface area contributed by atoms with E-state index in [9.17, 15) is 4.79 Å². The first-order chi connectivity index (χ1) is 8.99. The SMILES string of the molecule is COc1ccc(C(C)=O)cc1N/N=C(\C#N)C(=N)N. The molecule has 0 aliphatic carbocycles. The third kappa shape index (κ3) is 3.54. The van der Waals surface area contributed by atoms with Crippen molar-refractivity contribution in [3.63, 3.8) is 0 Å². The van der Waals surface area contributed by atoms with E-state index in [-0.39, 0.29) is 11.5 Å². The van der Waals surface area contributed by atoms with Crippen LogP contribution in [0.1, 0.15) is 17.3 Å². The fourth-order valence-corrected chi connectivity index (χ4v) is 1.28. The van der Waals surface area contributed by atoms with Crippen LogP contribution in [0.2, 0.25) is 0 Å². The first-order valence-corrected chi connectivity index (χ1v) is 5.26. The standard InChI is InChI=1S/C12H13N5O2/c1-7(18)8-3-4-11(19-2)9(5-8)16-17-10(6-13)12(14)15/h3-5,16H,1-2H3,(H3,14,15)/b17-10+. The lowest BCUT2D eigenvalue weighted by Gasteiger charge is -2.09. The quantitative estimate of drug-likeness (QED) is 0.316. The fraction of sp³-hybridized carbons (Fsp3) is 0.167. The van der Waals surface area contributed by atoms with E-state index >= 15 is 0 Å². The monoisotopic (exact) mass is 259 g/mol. The van der Waals surface area contributed by atoms with Gasteiger partial charge in [-0.1, -0.05) is 0 Å². The van der Waals surface area contributed by atoms with Crippen molar-refractivity contribution in [2.75, 3.05) is 12.5 Å². The number of nitrogens with one attached hydrogen (secondary N) is 2. The molecule has 0 saturated carbocycles. The minimum Gasteiger partial charge on any atom is -0.495 e. The molecule has 0 atom stereocenters. The van der Waals surface area contributed by atoms with Crippen LogP contribution >= 0.6 is 0 Å². The summed E-state index contributed by atoms with van der Waals surface area (Å²) < 4.78 is 5.10. The molecule has 0 heterocycles. The van der Waals surface area contributed by atoms with Crippen molar-refractivity contribution in [1.29, 1.82) is 10.7 Å². The number of ether oxygens (including phenoxy) is 1. The Labute approximate surface area is 110 Å². The van der Waals surface area contributed by atoms with Crippen molar-refractivity contribution >= 4 is 23.0 Å². The Bertz CT molecular complexity index is 586. The number of benzene rings is 1. The fourth-order valence-electron chi connectivity index (χ4n) is 1.28. The Hall–Kier alpha value is -2.88. The number of methoxy groups -OCH3 is 1. The molecule has 1 rings (SSSR count). The summed E-state index contributed by atoms with van der Waals surface area (Å²) in [4.78, 5) is 11.3. The van der Waals surface area contributed by atoms with Gasteiger partial charge >= 0.3 is 0 Å². The average Bonchev–Trinajstić information content (AvgIpc) is 2.38. The van der Waals surface area contributed by atoms with Crippen LogP contribution in [-0.4, -0.2) is 24.4 Å². The lowest BCUT2D eigenvalue weighted by Crippen LogP contribution is -2.21. The van der Waals surface area contributed by atoms with Crippen LogP contribution in [0.25, 0.3) is 0 Å². The summed E-state index contributed by atoms with van der Waals surface area (Å²) in [5.74, 6) is -0.104. The number of hydrazone groups is 1. The van der Waals surface area contributed by atoms with Crippen molar-refractivity contribution in [2.24, 2.45) is 10.8 Å². The highest BCUT2D eigenvalue weighted by Gasteiger charge is 2.08. The smallest absolute Gasteiger partial charge is 0.201 e. The van der Waals surface area contributed by atoms with Gasteiger partial charge < -0.3 is 10.5 Å². The number of nitrogens with zero attached hydrogens (tertiary/aromatic N) is 2. The van der Waals surface area contributed by atoms with Crippen LogP contribution in [0.4, 0.5) is 5.69 Å². The van der Waals surface area contributed by atoms with Gasteiger partial charge in [-0.25, -0.2) is 0 Å². The van der Waals surface area contributed by atoms with Crippen LogP contribution in [0, 0.1) is 16.7 Å². The van der Waals surface area contributed by atoms with Gasteiger partial charge in [-0.05, 0) is 25.1 Å². The molecule has 1 aromatic carbocycles. The maximum absolute atomic E-state index is 11.3. The van der Waals surface area contributed by atoms with Gasteiger partial charge in [0, 0.05) is 5.56 Å². The molecule has 1 aromatic rings. The van der Waals surface area contributed by atoms with Crippen LogP contribution in [-0.2, 0) is 0 Å². The lowest BCUT2D eigenvalue weighted by molar-refractivity contribution is 0.101. The molecule has 0 bridgehead atoms. The summed E-state index contributed by atoms with van der Waals surface area (Å²) in [5.41, 5.74) is 8.35. The van der Waals surface area contributed by atoms with E-state index in [4.69, 9.17) is 21.1 Å². The Morgan fingerprint density at radius 3 is 2.74 bits per heavy atom. The Morgan fingerprint density at radius 1 is 1.58 bits per heavy atom. The molecule has 0 radical (unpaired) electrons. The van der Waals surface area contributed by atoms with E-state index in [1.165, 1.54) is 14.0 Å². The van der Waals surface area contributed by atoms with E-state index in [2.05, 4.69) is 10.5 Å². The van der Waals surface area contributed by atoms with Gasteiger partial charge in [0.2, 0.25) is 5.71 Å². The zero-order valence-electron chi connectivity index (χ0n) is 10.5. The number of nitriles is 1. The number of hydrogen-bond acceptors (Lipinski definition) is 6. The average molecular weight is 259 g/mol. The molecule has 0 aliphatic rings. The van der Waals surface area contributed by atoms with E-state index < -0.39 is 5.84 Å². The summed E-state index contributed by atoms with van der Waals surface area (Å²) in [6.45, 7) is 1.44. The maximum atomic E-state index is 11.3. The number of carbonyl (C=O) groups excluding carboxylic acids is 1. The number of ketones is 1. The minimum absolute atomic E-state index is 0.109. The lowest BCUT2D eigenvalue weighted by atomic mass is 10.1. The van der Waals surface area contributed by atoms with Gasteiger partial charge in [0.05, 0.1) is 12.8 Å². The summed E-state index contributed by atoms with van der Waals surface area (Å²) in [6, 6.07) is 6.44. The highest BCUT2D eigenvalue weighted by Crippen LogP contribution is 2.25. The molecule has 0 fully saturated rings. The van der Waals surface area contributed by atoms with Crippen LogP contribution < -0.4 is 15.9 Å². The molecule has 19 heavy (non-hydrogen) atoms. The second-order valence-corrected chi connectivity index (χ2v) is 3.57. The number of amidine groups is 1. The molecule has 7 nitrogen and oxygen atoms in total. The van der Waals surface area contributed by atoms with Crippen molar-refractivity contribution in [3.05, 3.63) is 23.8 Å². The molecule has 0 saturated heterocycles. The summed E-state index contributed by atoms with van der Waals surface area (Å²) >= 11 is 0. The number of anilines is 1. The molecule has 0 aliphatic heterocycles. The molecule has 0 unspecified atom stereocenters. The highest BCUT2D eigenvalue weighted by molar-refractivity contribution is 6.45. The molecule has 4 N–H and O–H groups in total. The highest BCUT2D eigenvalue weighted by atomic mass is 16.5. The van der Waals surface area contributed by atoms with Gasteiger partial charge in [0.1, 0.15) is 11.8 Å². The second-order valence-electron chi connectivity index (χ2n) is 3.57. The Kier molecular flexibility index (Phi) is 4.60. The van der Waals surface area contributed by atoms with Gasteiger partial charge in [-0.3, -0.25) is 15.6 Å². The van der Waals surface area contributed by atoms with Crippen molar-refractivity contribution in [1.82, 2.24) is 0 Å². The number of rotatable bonds is 5. The topological polar surface area (TPSA) is 124 Å². The second kappa shape index (κ2) is 6.16. The van der Waals surface area contributed by atoms with Crippen LogP contribution in [0.5, 0.6) is 5.75 Å². The zero-order chi connectivity index (χ0) is 14.4. The third-order valence-corrected chi connectivity index (χ3v) is 2.26. The van der Waals surface area contributed by atoms with Gasteiger partial charge in [0.25, 0.3) is 0 Å². The molecule has 0 aromatic heterocycles. The normalized spacial score (nSPS) is 10.5. The van der Waals surface area contributed by atoms with Crippen molar-refractivity contribution < 1.29 is 9.53 Å². The van der Waals surface area contributed by atoms with Crippen molar-refractivity contribution in [3.8, 4) is 11.8 Å². The number of carbonyl (C=O) groups is 1. The third-order valence-electron chi connectivity index (χ3n) is 2.26. The number of nitrogens with two attached hydrogens (primary N) is 1. The minimum atomic E-state index is -0.448. The summed E-state index contributed by atoms with van der Waals surface area (Å²) in [5, 5.41) is 19.5. The molecule has 0 spiro atoms. The molecule has 0 amide bonds. The van der Waals surface area contributed by atoms with Gasteiger partial charge in [-0.15, -0.1) is 0 Å². The van der Waals surface area contributed by atoms with Crippen molar-refractivity contribution in [2.45, 2.75) is 6.92 Å². The predicted octanol–water partition coefficient (Wildman–Crippen LogP) is 1.13.